The zero-order valence-corrected chi connectivity index (χ0v) is 16.4. The third-order valence-corrected chi connectivity index (χ3v) is 4.63. The molecule has 0 radical (unpaired) electrons. The average Bonchev–Trinajstić information content (AvgIpc) is 2.70. The van der Waals surface area contributed by atoms with Gasteiger partial charge in [-0.2, -0.15) is 0 Å². The summed E-state index contributed by atoms with van der Waals surface area (Å²) < 4.78 is 11.3. The van der Waals surface area contributed by atoms with E-state index in [1.165, 1.54) is 0 Å². The molecule has 0 saturated heterocycles. The Morgan fingerprint density at radius 2 is 2.04 bits per heavy atom. The molecule has 0 saturated carbocycles. The van der Waals surface area contributed by atoms with Crippen LogP contribution in [0.4, 0.5) is 11.4 Å². The number of para-hydroxylation sites is 1. The fraction of sp³-hybridized carbons (Fsp3) is 0.364. The van der Waals surface area contributed by atoms with Crippen LogP contribution in [-0.2, 0) is 9.59 Å². The van der Waals surface area contributed by atoms with Crippen LogP contribution in [0.25, 0.3) is 0 Å². The van der Waals surface area contributed by atoms with Crippen molar-refractivity contribution in [2.75, 3.05) is 30.0 Å². The molecule has 2 aromatic rings. The third kappa shape index (κ3) is 4.82. The summed E-state index contributed by atoms with van der Waals surface area (Å²) in [5.41, 5.74) is 2.48. The average molecular weight is 382 g/mol. The highest BCUT2D eigenvalue weighted by Crippen LogP contribution is 2.34. The summed E-state index contributed by atoms with van der Waals surface area (Å²) in [6.45, 7) is 5.03. The van der Waals surface area contributed by atoms with Gasteiger partial charge in [-0.15, -0.1) is 0 Å². The number of aryl methyl sites for hydroxylation is 1. The smallest absolute Gasteiger partial charge is 0.265 e. The van der Waals surface area contributed by atoms with Crippen LogP contribution >= 0.6 is 0 Å². The fourth-order valence-electron chi connectivity index (χ4n) is 3.05. The lowest BCUT2D eigenvalue weighted by Gasteiger charge is -2.30. The number of hydrogen-bond acceptors (Lipinski definition) is 4. The predicted octanol–water partition coefficient (Wildman–Crippen LogP) is 3.93. The monoisotopic (exact) mass is 382 g/mol. The van der Waals surface area contributed by atoms with E-state index in [0.29, 0.717) is 36.7 Å². The molecular formula is C22H26N2O4. The lowest BCUT2D eigenvalue weighted by atomic mass is 10.2. The number of benzene rings is 2. The normalized spacial score (nSPS) is 12.9. The van der Waals surface area contributed by atoms with Gasteiger partial charge in [-0.3, -0.25) is 9.59 Å². The summed E-state index contributed by atoms with van der Waals surface area (Å²) in [6, 6.07) is 13.3. The Morgan fingerprint density at radius 1 is 1.21 bits per heavy atom. The maximum Gasteiger partial charge on any atom is 0.265 e. The molecule has 0 spiro atoms. The van der Waals surface area contributed by atoms with Gasteiger partial charge in [0.2, 0.25) is 5.91 Å². The van der Waals surface area contributed by atoms with Gasteiger partial charge in [-0.05, 0) is 49.6 Å². The number of hydrogen-bond donors (Lipinski definition) is 1. The lowest BCUT2D eigenvalue weighted by molar-refractivity contribution is -0.121. The molecule has 6 nitrogen and oxygen atoms in total. The van der Waals surface area contributed by atoms with E-state index in [4.69, 9.17) is 9.47 Å². The first-order valence-corrected chi connectivity index (χ1v) is 9.64. The predicted molar refractivity (Wildman–Crippen MR) is 109 cm³/mol. The van der Waals surface area contributed by atoms with Crippen LogP contribution in [0.5, 0.6) is 11.5 Å². The van der Waals surface area contributed by atoms with Crippen LogP contribution < -0.4 is 19.7 Å². The van der Waals surface area contributed by atoms with Crippen LogP contribution in [0.3, 0.4) is 0 Å². The highest BCUT2D eigenvalue weighted by Gasteiger charge is 2.25. The molecule has 0 unspecified atom stereocenters. The molecule has 28 heavy (non-hydrogen) atoms. The van der Waals surface area contributed by atoms with Gasteiger partial charge in [-0.1, -0.05) is 25.1 Å². The standard InChI is InChI=1S/C22H26N2O4/c1-3-21(25)23-17-10-11-20-18(14-17)24(22(26)15-28-20)12-6-7-13-27-19-9-5-4-8-16(19)2/h4-5,8-11,14H,3,6-7,12-13,15H2,1-2H3,(H,23,25). The zero-order valence-electron chi connectivity index (χ0n) is 16.4. The number of anilines is 2. The lowest BCUT2D eigenvalue weighted by Crippen LogP contribution is -2.39. The zero-order chi connectivity index (χ0) is 19.9. The largest absolute Gasteiger partial charge is 0.493 e. The number of carbonyl (C=O) groups is 2. The van der Waals surface area contributed by atoms with Gasteiger partial charge in [0.25, 0.3) is 5.91 Å². The number of ether oxygens (including phenoxy) is 2. The molecule has 148 valence electrons. The number of unbranched alkanes of at least 4 members (excludes halogenated alkanes) is 1. The molecular weight excluding hydrogens is 356 g/mol. The van der Waals surface area contributed by atoms with Crippen molar-refractivity contribution in [3.63, 3.8) is 0 Å². The minimum absolute atomic E-state index is 0.0351. The number of amides is 2. The summed E-state index contributed by atoms with van der Waals surface area (Å²) in [4.78, 5) is 25.7. The maximum absolute atomic E-state index is 12.4. The van der Waals surface area contributed by atoms with Gasteiger partial charge in [0.1, 0.15) is 11.5 Å². The van der Waals surface area contributed by atoms with Crippen molar-refractivity contribution in [1.29, 1.82) is 0 Å². The second-order valence-electron chi connectivity index (χ2n) is 6.74. The van der Waals surface area contributed by atoms with Gasteiger partial charge >= 0.3 is 0 Å². The molecule has 1 aliphatic rings. The summed E-state index contributed by atoms with van der Waals surface area (Å²) in [7, 11) is 0. The van der Waals surface area contributed by atoms with Crippen LogP contribution in [0.15, 0.2) is 42.5 Å². The summed E-state index contributed by atoms with van der Waals surface area (Å²) >= 11 is 0. The summed E-state index contributed by atoms with van der Waals surface area (Å²) in [5.74, 6) is 1.41. The van der Waals surface area contributed by atoms with Gasteiger partial charge < -0.3 is 19.7 Å². The van der Waals surface area contributed by atoms with Crippen molar-refractivity contribution < 1.29 is 19.1 Å². The molecule has 6 heteroatoms. The quantitative estimate of drug-likeness (QED) is 0.703. The van der Waals surface area contributed by atoms with Crippen LogP contribution in [0, 0.1) is 6.92 Å². The number of nitrogens with one attached hydrogen (secondary N) is 1. The first-order valence-electron chi connectivity index (χ1n) is 9.64. The summed E-state index contributed by atoms with van der Waals surface area (Å²) in [6.07, 6.45) is 2.04. The number of nitrogens with zero attached hydrogens (tertiary/aromatic N) is 1. The van der Waals surface area contributed by atoms with Crippen molar-refractivity contribution >= 4 is 23.2 Å². The Balaban J connectivity index is 1.58. The Labute approximate surface area is 165 Å². The van der Waals surface area contributed by atoms with Crippen molar-refractivity contribution in [3.05, 3.63) is 48.0 Å². The number of fused-ring (bicyclic) bond motifs is 1. The maximum atomic E-state index is 12.4. The van der Waals surface area contributed by atoms with Gasteiger partial charge in [0.05, 0.1) is 12.3 Å². The van der Waals surface area contributed by atoms with Gasteiger partial charge in [0, 0.05) is 18.7 Å². The Kier molecular flexibility index (Phi) is 6.53. The van der Waals surface area contributed by atoms with Crippen molar-refractivity contribution in [2.24, 2.45) is 0 Å². The number of carbonyl (C=O) groups excluding carboxylic acids is 2. The second kappa shape index (κ2) is 9.26. The SMILES string of the molecule is CCC(=O)Nc1ccc2c(c1)N(CCCCOc1ccccc1C)C(=O)CO2. The van der Waals surface area contributed by atoms with E-state index in [1.54, 1.807) is 30.0 Å². The highest BCUT2D eigenvalue weighted by molar-refractivity contribution is 5.99. The van der Waals surface area contributed by atoms with Gasteiger partial charge in [-0.25, -0.2) is 0 Å². The Hall–Kier alpha value is -3.02. The minimum Gasteiger partial charge on any atom is -0.493 e. The molecule has 2 amide bonds. The van der Waals surface area contributed by atoms with E-state index in [-0.39, 0.29) is 18.4 Å². The molecule has 1 heterocycles. The van der Waals surface area contributed by atoms with Crippen LogP contribution in [0.2, 0.25) is 0 Å². The molecule has 3 rings (SSSR count). The third-order valence-electron chi connectivity index (χ3n) is 4.63. The van der Waals surface area contributed by atoms with E-state index in [9.17, 15) is 9.59 Å². The topological polar surface area (TPSA) is 67.9 Å². The fourth-order valence-corrected chi connectivity index (χ4v) is 3.05. The van der Waals surface area contributed by atoms with E-state index < -0.39 is 0 Å². The molecule has 0 atom stereocenters. The first kappa shape index (κ1) is 19.7. The van der Waals surface area contributed by atoms with Gasteiger partial charge in [0.15, 0.2) is 6.61 Å². The molecule has 0 aliphatic carbocycles. The Bertz CT molecular complexity index is 850. The molecule has 0 aromatic heterocycles. The van der Waals surface area contributed by atoms with Crippen LogP contribution in [0.1, 0.15) is 31.7 Å². The Morgan fingerprint density at radius 3 is 2.82 bits per heavy atom. The summed E-state index contributed by atoms with van der Waals surface area (Å²) in [5, 5.41) is 2.82. The molecule has 1 aliphatic heterocycles. The van der Waals surface area contributed by atoms with Crippen molar-refractivity contribution in [3.8, 4) is 11.5 Å². The molecule has 0 fully saturated rings. The highest BCUT2D eigenvalue weighted by atomic mass is 16.5. The van der Waals surface area contributed by atoms with Crippen molar-refractivity contribution in [1.82, 2.24) is 0 Å². The van der Waals surface area contributed by atoms with Crippen LogP contribution in [-0.4, -0.2) is 31.6 Å². The second-order valence-corrected chi connectivity index (χ2v) is 6.74. The molecule has 0 bridgehead atoms. The molecule has 1 N–H and O–H groups in total. The van der Waals surface area contributed by atoms with Crippen molar-refractivity contribution in [2.45, 2.75) is 33.1 Å². The van der Waals surface area contributed by atoms with E-state index >= 15 is 0 Å². The first-order chi connectivity index (χ1) is 13.6. The number of rotatable bonds is 8. The minimum atomic E-state index is -0.0775. The van der Waals surface area contributed by atoms with E-state index in [0.717, 1.165) is 24.2 Å². The van der Waals surface area contributed by atoms with E-state index in [2.05, 4.69) is 5.32 Å². The molecule has 2 aromatic carbocycles. The van der Waals surface area contributed by atoms with E-state index in [1.807, 2.05) is 31.2 Å².